The summed E-state index contributed by atoms with van der Waals surface area (Å²) >= 11 is 0. The topological polar surface area (TPSA) is 67.2 Å². The van der Waals surface area contributed by atoms with E-state index in [1.54, 1.807) is 7.05 Å². The molecule has 2 aromatic rings. The van der Waals surface area contributed by atoms with E-state index in [1.165, 1.54) is 4.90 Å². The molecule has 0 fully saturated rings. The Hall–Kier alpha value is -2.63. The third-order valence-corrected chi connectivity index (χ3v) is 5.34. The van der Waals surface area contributed by atoms with Crippen LogP contribution in [0.1, 0.15) is 48.3 Å². The number of benzene rings is 1. The van der Waals surface area contributed by atoms with E-state index in [2.05, 4.69) is 31.2 Å². The van der Waals surface area contributed by atoms with Gasteiger partial charge in [-0.2, -0.15) is 5.10 Å². The standard InChI is InChI=1S/C23H34N4O2/c1-15(2)13-27-19(6)20(18(5)25-27)11-12-23(29)26(7)14-22(28)24-21-10-8-9-16(3)17(21)4/h8-10,15H,11-14H2,1-7H3,(H,24,28). The molecule has 0 unspecified atom stereocenters. The molecule has 0 bridgehead atoms. The highest BCUT2D eigenvalue weighted by Gasteiger charge is 2.17. The first kappa shape index (κ1) is 22.7. The lowest BCUT2D eigenvalue weighted by atomic mass is 10.1. The molecule has 2 rings (SSSR count). The van der Waals surface area contributed by atoms with Gasteiger partial charge in [0.15, 0.2) is 0 Å². The van der Waals surface area contributed by atoms with Gasteiger partial charge < -0.3 is 10.2 Å². The maximum Gasteiger partial charge on any atom is 0.243 e. The van der Waals surface area contributed by atoms with Gasteiger partial charge in [-0.15, -0.1) is 0 Å². The Morgan fingerprint density at radius 1 is 1.17 bits per heavy atom. The maximum atomic E-state index is 12.6. The molecular formula is C23H34N4O2. The maximum absolute atomic E-state index is 12.6. The number of aromatic nitrogens is 2. The fourth-order valence-corrected chi connectivity index (χ4v) is 3.42. The number of hydrogen-bond acceptors (Lipinski definition) is 3. The van der Waals surface area contributed by atoms with Gasteiger partial charge in [-0.1, -0.05) is 26.0 Å². The number of rotatable bonds is 8. The molecule has 29 heavy (non-hydrogen) atoms. The largest absolute Gasteiger partial charge is 0.336 e. The van der Waals surface area contributed by atoms with Crippen LogP contribution in [0, 0.1) is 33.6 Å². The minimum atomic E-state index is -0.188. The lowest BCUT2D eigenvalue weighted by Gasteiger charge is -2.18. The van der Waals surface area contributed by atoms with Crippen molar-refractivity contribution in [3.8, 4) is 0 Å². The van der Waals surface area contributed by atoms with Gasteiger partial charge in [0.05, 0.1) is 12.2 Å². The van der Waals surface area contributed by atoms with E-state index in [0.29, 0.717) is 18.8 Å². The number of hydrogen-bond donors (Lipinski definition) is 1. The van der Waals surface area contributed by atoms with Gasteiger partial charge in [-0.05, 0) is 62.8 Å². The molecule has 1 heterocycles. The fraction of sp³-hybridized carbons (Fsp3) is 0.522. The lowest BCUT2D eigenvalue weighted by Crippen LogP contribution is -2.35. The summed E-state index contributed by atoms with van der Waals surface area (Å²) in [5.74, 6) is 0.285. The number of anilines is 1. The number of nitrogens with zero attached hydrogens (tertiary/aromatic N) is 3. The third kappa shape index (κ3) is 5.92. The highest BCUT2D eigenvalue weighted by atomic mass is 16.2. The fourth-order valence-electron chi connectivity index (χ4n) is 3.42. The lowest BCUT2D eigenvalue weighted by molar-refractivity contribution is -0.133. The van der Waals surface area contributed by atoms with Crippen LogP contribution in [0.3, 0.4) is 0 Å². The molecule has 6 nitrogen and oxygen atoms in total. The molecule has 1 N–H and O–H groups in total. The molecule has 0 spiro atoms. The molecule has 0 aliphatic heterocycles. The van der Waals surface area contributed by atoms with Gasteiger partial charge in [0.2, 0.25) is 11.8 Å². The van der Waals surface area contributed by atoms with E-state index >= 15 is 0 Å². The zero-order valence-corrected chi connectivity index (χ0v) is 18.8. The third-order valence-electron chi connectivity index (χ3n) is 5.34. The van der Waals surface area contributed by atoms with Gasteiger partial charge in [0.1, 0.15) is 0 Å². The second kappa shape index (κ2) is 9.72. The Labute approximate surface area is 174 Å². The number of carbonyl (C=O) groups excluding carboxylic acids is 2. The van der Waals surface area contributed by atoms with Crippen LogP contribution in [0.2, 0.25) is 0 Å². The van der Waals surface area contributed by atoms with Gasteiger partial charge >= 0.3 is 0 Å². The number of carbonyl (C=O) groups is 2. The molecule has 1 aromatic carbocycles. The Morgan fingerprint density at radius 3 is 2.52 bits per heavy atom. The summed E-state index contributed by atoms with van der Waals surface area (Å²) in [6.07, 6.45) is 1.000. The van der Waals surface area contributed by atoms with Crippen molar-refractivity contribution in [1.82, 2.24) is 14.7 Å². The van der Waals surface area contributed by atoms with Gasteiger partial charge in [0.25, 0.3) is 0 Å². The van der Waals surface area contributed by atoms with E-state index in [-0.39, 0.29) is 18.4 Å². The van der Waals surface area contributed by atoms with Crippen LogP contribution in [-0.2, 0) is 22.6 Å². The van der Waals surface area contributed by atoms with Crippen molar-refractivity contribution >= 4 is 17.5 Å². The summed E-state index contributed by atoms with van der Waals surface area (Å²) in [6, 6.07) is 5.80. The average molecular weight is 399 g/mol. The molecule has 0 aliphatic carbocycles. The smallest absolute Gasteiger partial charge is 0.243 e. The Balaban J connectivity index is 1.92. The first-order chi connectivity index (χ1) is 13.6. The van der Waals surface area contributed by atoms with Crippen molar-refractivity contribution in [2.45, 2.75) is 60.9 Å². The Kier molecular flexibility index (Phi) is 7.59. The number of nitrogens with one attached hydrogen (secondary N) is 1. The second-order valence-electron chi connectivity index (χ2n) is 8.27. The van der Waals surface area contributed by atoms with Crippen molar-refractivity contribution in [1.29, 1.82) is 0 Å². The normalized spacial score (nSPS) is 11.0. The van der Waals surface area contributed by atoms with Crippen LogP contribution in [0.4, 0.5) is 5.69 Å². The van der Waals surface area contributed by atoms with Crippen LogP contribution in [0.5, 0.6) is 0 Å². The summed E-state index contributed by atoms with van der Waals surface area (Å²) in [5.41, 5.74) is 6.19. The minimum Gasteiger partial charge on any atom is -0.336 e. The van der Waals surface area contributed by atoms with Crippen LogP contribution >= 0.6 is 0 Å². The van der Waals surface area contributed by atoms with Gasteiger partial charge in [-0.3, -0.25) is 14.3 Å². The summed E-state index contributed by atoms with van der Waals surface area (Å²) < 4.78 is 2.03. The van der Waals surface area contributed by atoms with Crippen molar-refractivity contribution in [2.75, 3.05) is 18.9 Å². The van der Waals surface area contributed by atoms with Crippen LogP contribution in [0.15, 0.2) is 18.2 Å². The molecule has 2 amide bonds. The monoisotopic (exact) mass is 398 g/mol. The van der Waals surface area contributed by atoms with E-state index in [0.717, 1.165) is 40.3 Å². The zero-order valence-electron chi connectivity index (χ0n) is 18.8. The average Bonchev–Trinajstić information content (AvgIpc) is 2.89. The number of likely N-dealkylation sites (N-methyl/N-ethyl adjacent to an activating group) is 1. The molecule has 0 radical (unpaired) electrons. The molecule has 1 aromatic heterocycles. The summed E-state index contributed by atoms with van der Waals surface area (Å²) in [4.78, 5) is 26.4. The first-order valence-electron chi connectivity index (χ1n) is 10.2. The Bertz CT molecular complexity index is 883. The predicted octanol–water partition coefficient (Wildman–Crippen LogP) is 3.80. The highest BCUT2D eigenvalue weighted by Crippen LogP contribution is 2.19. The quantitative estimate of drug-likeness (QED) is 0.735. The van der Waals surface area contributed by atoms with E-state index in [4.69, 9.17) is 0 Å². The number of aryl methyl sites for hydroxylation is 2. The first-order valence-corrected chi connectivity index (χ1v) is 10.2. The molecule has 0 saturated heterocycles. The molecule has 158 valence electrons. The van der Waals surface area contributed by atoms with Crippen molar-refractivity contribution in [3.05, 3.63) is 46.3 Å². The van der Waals surface area contributed by atoms with E-state index < -0.39 is 0 Å². The van der Waals surface area contributed by atoms with Gasteiger partial charge in [-0.25, -0.2) is 0 Å². The van der Waals surface area contributed by atoms with Crippen molar-refractivity contribution in [2.24, 2.45) is 5.92 Å². The predicted molar refractivity (Wildman–Crippen MR) is 117 cm³/mol. The summed E-state index contributed by atoms with van der Waals surface area (Å²) in [6.45, 7) is 13.3. The zero-order chi connectivity index (χ0) is 21.7. The summed E-state index contributed by atoms with van der Waals surface area (Å²) in [7, 11) is 1.67. The van der Waals surface area contributed by atoms with Crippen LogP contribution in [0.25, 0.3) is 0 Å². The second-order valence-corrected chi connectivity index (χ2v) is 8.27. The van der Waals surface area contributed by atoms with Crippen molar-refractivity contribution in [3.63, 3.8) is 0 Å². The Morgan fingerprint density at radius 2 is 1.86 bits per heavy atom. The molecule has 0 saturated carbocycles. The van der Waals surface area contributed by atoms with Gasteiger partial charge in [0, 0.05) is 31.4 Å². The molecular weight excluding hydrogens is 364 g/mol. The number of amides is 2. The summed E-state index contributed by atoms with van der Waals surface area (Å²) in [5, 5.41) is 7.52. The van der Waals surface area contributed by atoms with Crippen LogP contribution < -0.4 is 5.32 Å². The van der Waals surface area contributed by atoms with Crippen molar-refractivity contribution < 1.29 is 9.59 Å². The van der Waals surface area contributed by atoms with E-state index in [1.807, 2.05) is 43.7 Å². The minimum absolute atomic E-state index is 0.0385. The van der Waals surface area contributed by atoms with E-state index in [9.17, 15) is 9.59 Å². The molecule has 0 atom stereocenters. The SMILES string of the molecule is Cc1cccc(NC(=O)CN(C)C(=O)CCc2c(C)nn(CC(C)C)c2C)c1C. The van der Waals surface area contributed by atoms with Crippen LogP contribution in [-0.4, -0.2) is 40.1 Å². The molecule has 6 heteroatoms. The molecule has 0 aliphatic rings. The highest BCUT2D eigenvalue weighted by molar-refractivity contribution is 5.95.